The number of nitrogens with zero attached hydrogens (tertiary/aromatic N) is 1. The van der Waals surface area contributed by atoms with Crippen LogP contribution in [0.25, 0.3) is 0 Å². The predicted octanol–water partition coefficient (Wildman–Crippen LogP) is 2.19. The maximum Gasteiger partial charge on any atom is 0.345 e. The van der Waals surface area contributed by atoms with Gasteiger partial charge in [-0.15, -0.1) is 0 Å². The molecule has 0 unspecified atom stereocenters. The summed E-state index contributed by atoms with van der Waals surface area (Å²) in [7, 11) is 0. The van der Waals surface area contributed by atoms with E-state index in [1.165, 1.54) is 0 Å². The molecule has 0 aliphatic heterocycles. The van der Waals surface area contributed by atoms with Gasteiger partial charge < -0.3 is 5.11 Å². The number of aromatic carboxylic acids is 1. The molecule has 0 amide bonds. The molecule has 1 aromatic rings. The van der Waals surface area contributed by atoms with E-state index >= 15 is 0 Å². The standard InChI is InChI=1S/C7H3BrFNO4/c8-3-1-2-4(10(13)14)5(6(3)9)7(11)12/h1-2H,(H,11,12). The Morgan fingerprint density at radius 3 is 2.57 bits per heavy atom. The number of nitro benzene ring substituents is 1. The zero-order valence-electron chi connectivity index (χ0n) is 6.53. The van der Waals surface area contributed by atoms with Gasteiger partial charge in [0, 0.05) is 6.07 Å². The number of halogens is 2. The monoisotopic (exact) mass is 263 g/mol. The van der Waals surface area contributed by atoms with Gasteiger partial charge in [-0.25, -0.2) is 9.18 Å². The highest BCUT2D eigenvalue weighted by atomic mass is 79.9. The summed E-state index contributed by atoms with van der Waals surface area (Å²) in [5, 5.41) is 18.9. The minimum absolute atomic E-state index is 0.125. The van der Waals surface area contributed by atoms with E-state index in [0.717, 1.165) is 12.1 Å². The molecule has 0 atom stereocenters. The van der Waals surface area contributed by atoms with Crippen molar-refractivity contribution in [3.63, 3.8) is 0 Å². The molecule has 14 heavy (non-hydrogen) atoms. The van der Waals surface area contributed by atoms with Crippen LogP contribution < -0.4 is 0 Å². The largest absolute Gasteiger partial charge is 0.477 e. The third kappa shape index (κ3) is 1.72. The molecule has 0 saturated carbocycles. The van der Waals surface area contributed by atoms with Crippen LogP contribution in [0.1, 0.15) is 10.4 Å². The first-order chi connectivity index (χ1) is 6.45. The van der Waals surface area contributed by atoms with Crippen LogP contribution >= 0.6 is 15.9 Å². The number of hydrogen-bond donors (Lipinski definition) is 1. The van der Waals surface area contributed by atoms with Gasteiger partial charge in [0.15, 0.2) is 11.4 Å². The first kappa shape index (κ1) is 10.6. The Morgan fingerprint density at radius 2 is 2.14 bits per heavy atom. The second-order valence-electron chi connectivity index (χ2n) is 2.32. The number of nitro groups is 1. The van der Waals surface area contributed by atoms with Gasteiger partial charge in [-0.3, -0.25) is 10.1 Å². The molecule has 7 heteroatoms. The molecule has 0 heterocycles. The second-order valence-corrected chi connectivity index (χ2v) is 3.17. The van der Waals surface area contributed by atoms with E-state index in [1.807, 2.05) is 0 Å². The molecule has 0 spiro atoms. The lowest BCUT2D eigenvalue weighted by atomic mass is 10.2. The molecule has 1 aromatic carbocycles. The molecule has 1 rings (SSSR count). The molecule has 0 radical (unpaired) electrons. The highest BCUT2D eigenvalue weighted by Gasteiger charge is 2.25. The number of carboxylic acid groups (broad SMARTS) is 1. The van der Waals surface area contributed by atoms with Crippen molar-refractivity contribution < 1.29 is 19.2 Å². The lowest BCUT2D eigenvalue weighted by Gasteiger charge is -2.00. The van der Waals surface area contributed by atoms with Crippen LogP contribution in [0.4, 0.5) is 10.1 Å². The molecule has 1 N–H and O–H groups in total. The fourth-order valence-electron chi connectivity index (χ4n) is 0.896. The topological polar surface area (TPSA) is 80.4 Å². The van der Waals surface area contributed by atoms with Crippen LogP contribution in [0, 0.1) is 15.9 Å². The molecule has 0 aliphatic carbocycles. The van der Waals surface area contributed by atoms with Crippen molar-refractivity contribution in [2.45, 2.75) is 0 Å². The highest BCUT2D eigenvalue weighted by Crippen LogP contribution is 2.27. The van der Waals surface area contributed by atoms with Crippen molar-refractivity contribution in [1.29, 1.82) is 0 Å². The van der Waals surface area contributed by atoms with Crippen LogP contribution in [0.2, 0.25) is 0 Å². The molecule has 74 valence electrons. The summed E-state index contributed by atoms with van der Waals surface area (Å²) in [6, 6.07) is 2.01. The van der Waals surface area contributed by atoms with Gasteiger partial charge in [-0.1, -0.05) is 0 Å². The minimum atomic E-state index is -1.67. The fraction of sp³-hybridized carbons (Fsp3) is 0. The maximum atomic E-state index is 13.1. The summed E-state index contributed by atoms with van der Waals surface area (Å²) in [6.45, 7) is 0. The van der Waals surface area contributed by atoms with E-state index in [-0.39, 0.29) is 4.47 Å². The molecular weight excluding hydrogens is 261 g/mol. The average molecular weight is 264 g/mol. The van der Waals surface area contributed by atoms with Crippen LogP contribution in [0.5, 0.6) is 0 Å². The number of carboxylic acids is 1. The van der Waals surface area contributed by atoms with Gasteiger partial charge in [-0.2, -0.15) is 0 Å². The summed E-state index contributed by atoms with van der Waals surface area (Å²) in [5.41, 5.74) is -1.71. The Labute approximate surface area is 85.4 Å². The van der Waals surface area contributed by atoms with Crippen molar-refractivity contribution >= 4 is 27.6 Å². The SMILES string of the molecule is O=C(O)c1c([N+](=O)[O-])ccc(Br)c1F. The normalized spacial score (nSPS) is 9.86. The van der Waals surface area contributed by atoms with Crippen LogP contribution in [-0.2, 0) is 0 Å². The van der Waals surface area contributed by atoms with Crippen molar-refractivity contribution in [3.8, 4) is 0 Å². The van der Waals surface area contributed by atoms with Gasteiger partial charge in [0.05, 0.1) is 9.40 Å². The van der Waals surface area contributed by atoms with Crippen LogP contribution in [-0.4, -0.2) is 16.0 Å². The predicted molar refractivity (Wildman–Crippen MR) is 47.7 cm³/mol. The van der Waals surface area contributed by atoms with Gasteiger partial charge in [-0.05, 0) is 22.0 Å². The summed E-state index contributed by atoms with van der Waals surface area (Å²) in [5.74, 6) is -2.82. The van der Waals surface area contributed by atoms with E-state index in [4.69, 9.17) is 5.11 Å². The van der Waals surface area contributed by atoms with E-state index in [9.17, 15) is 19.3 Å². The minimum Gasteiger partial charge on any atom is -0.477 e. The zero-order valence-corrected chi connectivity index (χ0v) is 8.12. The molecule has 0 bridgehead atoms. The molecule has 0 aromatic heterocycles. The van der Waals surface area contributed by atoms with Crippen LogP contribution in [0.3, 0.4) is 0 Å². The van der Waals surface area contributed by atoms with Crippen LogP contribution in [0.15, 0.2) is 16.6 Å². The maximum absolute atomic E-state index is 13.1. The van der Waals surface area contributed by atoms with E-state index in [2.05, 4.69) is 15.9 Å². The van der Waals surface area contributed by atoms with E-state index in [0.29, 0.717) is 0 Å². The smallest absolute Gasteiger partial charge is 0.345 e. The highest BCUT2D eigenvalue weighted by molar-refractivity contribution is 9.10. The zero-order chi connectivity index (χ0) is 10.9. The van der Waals surface area contributed by atoms with E-state index < -0.39 is 28.0 Å². The Balaban J connectivity index is 3.53. The molecular formula is C7H3BrFNO4. The van der Waals surface area contributed by atoms with Gasteiger partial charge >= 0.3 is 5.97 Å². The molecule has 5 nitrogen and oxygen atoms in total. The van der Waals surface area contributed by atoms with Crippen molar-refractivity contribution in [2.24, 2.45) is 0 Å². The number of hydrogen-bond acceptors (Lipinski definition) is 3. The fourth-order valence-corrected chi connectivity index (χ4v) is 1.23. The lowest BCUT2D eigenvalue weighted by molar-refractivity contribution is -0.385. The summed E-state index contributed by atoms with van der Waals surface area (Å²) >= 11 is 2.74. The summed E-state index contributed by atoms with van der Waals surface area (Å²) < 4.78 is 13.0. The first-order valence-corrected chi connectivity index (χ1v) is 4.10. The first-order valence-electron chi connectivity index (χ1n) is 3.31. The molecule has 0 aliphatic rings. The Bertz CT molecular complexity index is 420. The van der Waals surface area contributed by atoms with Gasteiger partial charge in [0.2, 0.25) is 0 Å². The van der Waals surface area contributed by atoms with Gasteiger partial charge in [0.1, 0.15) is 0 Å². The Kier molecular flexibility index (Phi) is 2.80. The third-order valence-electron chi connectivity index (χ3n) is 1.48. The quantitative estimate of drug-likeness (QED) is 0.655. The van der Waals surface area contributed by atoms with E-state index in [1.54, 1.807) is 0 Å². The lowest BCUT2D eigenvalue weighted by Crippen LogP contribution is -2.06. The average Bonchev–Trinajstić information content (AvgIpc) is 2.08. The van der Waals surface area contributed by atoms with Crippen molar-refractivity contribution in [3.05, 3.63) is 38.1 Å². The number of rotatable bonds is 2. The Hall–Kier alpha value is -1.50. The Morgan fingerprint density at radius 1 is 1.57 bits per heavy atom. The summed E-state index contributed by atoms with van der Waals surface area (Å²) in [6.07, 6.45) is 0. The van der Waals surface area contributed by atoms with Crippen molar-refractivity contribution in [2.75, 3.05) is 0 Å². The number of carbonyl (C=O) groups is 1. The third-order valence-corrected chi connectivity index (χ3v) is 2.10. The van der Waals surface area contributed by atoms with Gasteiger partial charge in [0.25, 0.3) is 5.69 Å². The summed E-state index contributed by atoms with van der Waals surface area (Å²) in [4.78, 5) is 19.9. The second kappa shape index (κ2) is 3.70. The number of benzene rings is 1. The van der Waals surface area contributed by atoms with Crippen molar-refractivity contribution in [1.82, 2.24) is 0 Å². The molecule has 0 fully saturated rings. The molecule has 0 saturated heterocycles.